The second-order valence-electron chi connectivity index (χ2n) is 6.92. The Bertz CT molecular complexity index is 511. The lowest BCUT2D eigenvalue weighted by Crippen LogP contribution is -2.33. The Morgan fingerprint density at radius 1 is 1.38 bits per heavy atom. The van der Waals surface area contributed by atoms with E-state index in [-0.39, 0.29) is 17.6 Å². The smallest absolute Gasteiger partial charge is 0.0719 e. The number of aliphatic hydroxyl groups excluding tert-OH is 1. The highest BCUT2D eigenvalue weighted by Gasteiger charge is 2.35. The molecule has 1 aromatic rings. The van der Waals surface area contributed by atoms with E-state index in [0.717, 1.165) is 37.2 Å². The summed E-state index contributed by atoms with van der Waals surface area (Å²) in [4.78, 5) is 11.2. The molecule has 0 heterocycles. The average molecular weight is 289 g/mol. The van der Waals surface area contributed by atoms with Crippen molar-refractivity contribution in [1.29, 1.82) is 0 Å². The van der Waals surface area contributed by atoms with Gasteiger partial charge in [-0.3, -0.25) is 0 Å². The van der Waals surface area contributed by atoms with Crippen molar-refractivity contribution in [2.45, 2.75) is 58.5 Å². The summed E-state index contributed by atoms with van der Waals surface area (Å²) in [5.74, 6) is 0.238. The lowest BCUT2D eigenvalue weighted by molar-refractivity contribution is -0.255. The lowest BCUT2D eigenvalue weighted by Gasteiger charge is -2.40. The first kappa shape index (κ1) is 16.0. The molecule has 3 nitrogen and oxygen atoms in total. The summed E-state index contributed by atoms with van der Waals surface area (Å²) in [7, 11) is 0. The Hall–Kier alpha value is -1.35. The molecule has 1 saturated carbocycles. The fraction of sp³-hybridized carbons (Fsp3) is 0.611. The van der Waals surface area contributed by atoms with E-state index < -0.39 is 5.97 Å². The molecule has 21 heavy (non-hydrogen) atoms. The largest absolute Gasteiger partial charge is 0.545 e. The Labute approximate surface area is 127 Å². The molecule has 0 atom stereocenters. The van der Waals surface area contributed by atoms with Gasteiger partial charge in [-0.2, -0.15) is 0 Å². The molecule has 2 rings (SSSR count). The maximum atomic E-state index is 11.2. The molecule has 0 bridgehead atoms. The van der Waals surface area contributed by atoms with Gasteiger partial charge in [0.25, 0.3) is 0 Å². The Morgan fingerprint density at radius 3 is 2.48 bits per heavy atom. The summed E-state index contributed by atoms with van der Waals surface area (Å²) in [6.07, 6.45) is 4.40. The Kier molecular flexibility index (Phi) is 4.72. The summed E-state index contributed by atoms with van der Waals surface area (Å²) < 4.78 is 0. The summed E-state index contributed by atoms with van der Waals surface area (Å²) in [6, 6.07) is 5.25. The molecule has 0 saturated heterocycles. The highest BCUT2D eigenvalue weighted by Crippen LogP contribution is 2.44. The van der Waals surface area contributed by atoms with E-state index in [4.69, 9.17) is 0 Å². The van der Waals surface area contributed by atoms with E-state index in [1.807, 2.05) is 6.07 Å². The molecule has 0 spiro atoms. The van der Waals surface area contributed by atoms with Gasteiger partial charge < -0.3 is 15.0 Å². The third-order valence-electron chi connectivity index (χ3n) is 5.28. The third-order valence-corrected chi connectivity index (χ3v) is 5.28. The van der Waals surface area contributed by atoms with Crippen molar-refractivity contribution in [2.24, 2.45) is 11.8 Å². The first-order chi connectivity index (χ1) is 9.89. The number of carbonyl (C=O) groups excluding carboxylic acids is 1. The van der Waals surface area contributed by atoms with Crippen molar-refractivity contribution in [3.63, 3.8) is 0 Å². The van der Waals surface area contributed by atoms with E-state index in [0.29, 0.717) is 11.5 Å². The summed E-state index contributed by atoms with van der Waals surface area (Å²) >= 11 is 0. The number of hydrogen-bond acceptors (Lipinski definition) is 3. The van der Waals surface area contributed by atoms with Crippen LogP contribution < -0.4 is 5.11 Å². The quantitative estimate of drug-likeness (QED) is 0.927. The molecular weight excluding hydrogens is 264 g/mol. The number of carbonyl (C=O) groups is 1. The molecule has 3 heteroatoms. The number of aromatic carboxylic acids is 1. The van der Waals surface area contributed by atoms with Crippen molar-refractivity contribution in [3.05, 3.63) is 34.9 Å². The molecule has 1 aromatic carbocycles. The van der Waals surface area contributed by atoms with Gasteiger partial charge in [-0.05, 0) is 54.1 Å². The van der Waals surface area contributed by atoms with Crippen LogP contribution in [0.2, 0.25) is 0 Å². The van der Waals surface area contributed by atoms with Gasteiger partial charge in [0.1, 0.15) is 0 Å². The van der Waals surface area contributed by atoms with Crippen LogP contribution in [0.25, 0.3) is 0 Å². The number of carboxylic acid groups (broad SMARTS) is 1. The number of rotatable bonds is 4. The minimum atomic E-state index is -1.21. The van der Waals surface area contributed by atoms with Crippen LogP contribution in [0.5, 0.6) is 0 Å². The molecule has 116 valence electrons. The minimum absolute atomic E-state index is 0.0467. The summed E-state index contributed by atoms with van der Waals surface area (Å²) in [5.41, 5.74) is 1.59. The van der Waals surface area contributed by atoms with Crippen molar-refractivity contribution in [1.82, 2.24) is 0 Å². The molecule has 1 aliphatic carbocycles. The first-order valence-electron chi connectivity index (χ1n) is 7.83. The average Bonchev–Trinajstić information content (AvgIpc) is 2.46. The Balaban J connectivity index is 2.34. The molecule has 1 N–H and O–H groups in total. The van der Waals surface area contributed by atoms with Crippen LogP contribution in [-0.2, 0) is 12.0 Å². The zero-order valence-corrected chi connectivity index (χ0v) is 13.2. The van der Waals surface area contributed by atoms with Gasteiger partial charge in [0.15, 0.2) is 0 Å². The second kappa shape index (κ2) is 6.18. The maximum Gasteiger partial charge on any atom is 0.0719 e. The van der Waals surface area contributed by atoms with Gasteiger partial charge in [0, 0.05) is 5.56 Å². The van der Waals surface area contributed by atoms with Crippen LogP contribution in [-0.4, -0.2) is 11.1 Å². The summed E-state index contributed by atoms with van der Waals surface area (Å²) in [6.45, 7) is 6.48. The normalized spacial score (nSPS) is 26.0. The van der Waals surface area contributed by atoms with Gasteiger partial charge in [0.05, 0.1) is 12.6 Å². The van der Waals surface area contributed by atoms with Crippen LogP contribution in [0.4, 0.5) is 0 Å². The van der Waals surface area contributed by atoms with Crippen LogP contribution in [0.1, 0.15) is 67.9 Å². The van der Waals surface area contributed by atoms with E-state index in [1.54, 1.807) is 6.07 Å². The van der Waals surface area contributed by atoms with E-state index >= 15 is 0 Å². The number of aliphatic hydroxyl groups is 1. The molecule has 1 aliphatic rings. The van der Waals surface area contributed by atoms with Crippen molar-refractivity contribution in [3.8, 4) is 0 Å². The monoisotopic (exact) mass is 289 g/mol. The molecule has 0 aromatic heterocycles. The fourth-order valence-electron chi connectivity index (χ4n) is 3.73. The zero-order valence-electron chi connectivity index (χ0n) is 13.2. The Morgan fingerprint density at radius 2 is 2.00 bits per heavy atom. The van der Waals surface area contributed by atoms with Crippen molar-refractivity contribution >= 4 is 5.97 Å². The standard InChI is InChI=1S/C18H26O3/c1-12(2)13-7-9-18(3,10-8-13)16-6-4-5-14(17(20)21)15(16)11-19/h4-6,12-13,19H,7-11H2,1-3H3,(H,20,21)/p-1. The van der Waals surface area contributed by atoms with Gasteiger partial charge in [-0.25, -0.2) is 0 Å². The number of carboxylic acids is 1. The topological polar surface area (TPSA) is 60.4 Å². The SMILES string of the molecule is CC(C)C1CCC(C)(c2cccc(C(=O)[O-])c2CO)CC1. The number of hydrogen-bond donors (Lipinski definition) is 1. The summed E-state index contributed by atoms with van der Waals surface area (Å²) in [5, 5.41) is 20.9. The van der Waals surface area contributed by atoms with Crippen molar-refractivity contribution in [2.75, 3.05) is 0 Å². The lowest BCUT2D eigenvalue weighted by atomic mass is 9.65. The highest BCUT2D eigenvalue weighted by molar-refractivity contribution is 5.88. The zero-order chi connectivity index (χ0) is 15.6. The van der Waals surface area contributed by atoms with Gasteiger partial charge in [-0.15, -0.1) is 0 Å². The fourth-order valence-corrected chi connectivity index (χ4v) is 3.73. The first-order valence-corrected chi connectivity index (χ1v) is 7.83. The molecule has 0 amide bonds. The number of benzene rings is 1. The second-order valence-corrected chi connectivity index (χ2v) is 6.92. The van der Waals surface area contributed by atoms with Crippen LogP contribution in [0.3, 0.4) is 0 Å². The van der Waals surface area contributed by atoms with Crippen molar-refractivity contribution < 1.29 is 15.0 Å². The molecular formula is C18H25O3-. The van der Waals surface area contributed by atoms with Crippen LogP contribution in [0.15, 0.2) is 18.2 Å². The van der Waals surface area contributed by atoms with Gasteiger partial charge in [-0.1, -0.05) is 39.0 Å². The highest BCUT2D eigenvalue weighted by atomic mass is 16.4. The van der Waals surface area contributed by atoms with Crippen LogP contribution in [0, 0.1) is 11.8 Å². The van der Waals surface area contributed by atoms with E-state index in [9.17, 15) is 15.0 Å². The molecule has 0 radical (unpaired) electrons. The predicted molar refractivity (Wildman–Crippen MR) is 80.8 cm³/mol. The predicted octanol–water partition coefficient (Wildman–Crippen LogP) is 2.65. The van der Waals surface area contributed by atoms with E-state index in [2.05, 4.69) is 20.8 Å². The molecule has 0 unspecified atom stereocenters. The third kappa shape index (κ3) is 3.13. The van der Waals surface area contributed by atoms with Crippen LogP contribution >= 0.6 is 0 Å². The molecule has 0 aliphatic heterocycles. The van der Waals surface area contributed by atoms with E-state index in [1.165, 1.54) is 6.07 Å². The maximum absolute atomic E-state index is 11.2. The van der Waals surface area contributed by atoms with Gasteiger partial charge in [0.2, 0.25) is 0 Å². The minimum Gasteiger partial charge on any atom is -0.545 e. The molecule has 1 fully saturated rings. The van der Waals surface area contributed by atoms with Gasteiger partial charge >= 0.3 is 0 Å².